The van der Waals surface area contributed by atoms with Gasteiger partial charge in [0.2, 0.25) is 0 Å². The predicted molar refractivity (Wildman–Crippen MR) is 24.5 cm³/mol. The summed E-state index contributed by atoms with van der Waals surface area (Å²) in [5, 5.41) is -0.687. The van der Waals surface area contributed by atoms with Crippen LogP contribution in [0.3, 0.4) is 0 Å². The van der Waals surface area contributed by atoms with Crippen LogP contribution in [-0.2, 0) is 26.6 Å². The Kier molecular flexibility index (Phi) is 9.86. The monoisotopic (exact) mass is 307 g/mol. The van der Waals surface area contributed by atoms with Crippen molar-refractivity contribution in [2.24, 2.45) is 0 Å². The summed E-state index contributed by atoms with van der Waals surface area (Å²) in [6.07, 6.45) is 0. The van der Waals surface area contributed by atoms with Gasteiger partial charge in [0.05, 0.1) is 0 Å². The Morgan fingerprint density at radius 1 is 1.67 bits per heavy atom. The molecule has 0 heterocycles. The first-order valence-corrected chi connectivity index (χ1v) is 1.63. The smallest absolute Gasteiger partial charge is 0.376 e. The third-order valence-electron chi connectivity index (χ3n) is 0.0781. The minimum absolute atomic E-state index is 0. The van der Waals surface area contributed by atoms with E-state index in [0.717, 1.165) is 0 Å². The summed E-state index contributed by atoms with van der Waals surface area (Å²) >= 11 is 6.25. The van der Waals surface area contributed by atoms with E-state index in [1.54, 1.807) is 0 Å². The van der Waals surface area contributed by atoms with E-state index in [2.05, 4.69) is 29.7 Å². The normalized spacial score (nSPS) is 5.67. The summed E-state index contributed by atoms with van der Waals surface area (Å²) in [5.74, 6) is 0. The Balaban J connectivity index is 0. The van der Waals surface area contributed by atoms with Gasteiger partial charge < -0.3 is 4.18 Å². The fourth-order valence-electron chi connectivity index (χ4n) is 0. The van der Waals surface area contributed by atoms with Crippen molar-refractivity contribution in [3.63, 3.8) is 0 Å². The summed E-state index contributed by atoms with van der Waals surface area (Å²) < 4.78 is 3.67. The van der Waals surface area contributed by atoms with E-state index in [4.69, 9.17) is 0 Å². The molecule has 0 saturated heterocycles. The molecule has 1 radical (unpaired) electrons. The number of hydrogen-bond acceptors (Lipinski definition) is 3. The largest absolute Gasteiger partial charge is 0.387 e. The van der Waals surface area contributed by atoms with Crippen LogP contribution in [0.4, 0.5) is 4.79 Å². The van der Waals surface area contributed by atoms with Crippen molar-refractivity contribution in [1.82, 2.24) is 0 Å². The van der Waals surface area contributed by atoms with Crippen LogP contribution in [0.25, 0.3) is 0 Å². The van der Waals surface area contributed by atoms with Crippen molar-refractivity contribution in [2.45, 2.75) is 0 Å². The molecule has 0 aliphatic carbocycles. The predicted octanol–water partition coefficient (Wildman–Crippen LogP) is 0.895. The maximum absolute atomic E-state index is 9.38. The molecule has 2 nitrogen and oxygen atoms in total. The van der Waals surface area contributed by atoms with Gasteiger partial charge in [0, 0.05) is 35.3 Å². The van der Waals surface area contributed by atoms with Crippen molar-refractivity contribution >= 4 is 30.8 Å². The molecule has 0 N–H and O–H groups in total. The molecular formula is CH2AuO2S2. The third kappa shape index (κ3) is 8.86. The number of rotatable bonds is 0. The molecular weight excluding hydrogens is 305 g/mol. The molecule has 0 amide bonds. The van der Waals surface area contributed by atoms with Gasteiger partial charge in [0.1, 0.15) is 0 Å². The second-order valence-corrected chi connectivity index (χ2v) is 0.905. The van der Waals surface area contributed by atoms with Crippen LogP contribution in [0.15, 0.2) is 0 Å². The van der Waals surface area contributed by atoms with Crippen LogP contribution in [0.5, 0.6) is 0 Å². The standard InChI is InChI=1S/CH2O2S2.Au/c2-1(4)3-5;/h5H,(H,2,4);. The number of carbonyl (C=O) groups excluding carboxylic acids is 1. The van der Waals surface area contributed by atoms with Crippen molar-refractivity contribution < 1.29 is 31.4 Å². The Bertz CT molecular complexity index is 46.8. The molecule has 0 spiro atoms. The van der Waals surface area contributed by atoms with Crippen molar-refractivity contribution in [2.75, 3.05) is 0 Å². The molecule has 0 atom stereocenters. The van der Waals surface area contributed by atoms with Crippen molar-refractivity contribution in [3.05, 3.63) is 0 Å². The molecule has 5 heteroatoms. The first kappa shape index (κ1) is 10.0. The summed E-state index contributed by atoms with van der Waals surface area (Å²) in [7, 11) is 0. The summed E-state index contributed by atoms with van der Waals surface area (Å²) in [6, 6.07) is 0. The maximum Gasteiger partial charge on any atom is 0.376 e. The molecule has 0 rings (SSSR count). The van der Waals surface area contributed by atoms with Crippen LogP contribution < -0.4 is 0 Å². The SMILES string of the molecule is O=C(S)OS.[Au]. The fourth-order valence-corrected chi connectivity index (χ4v) is 0. The van der Waals surface area contributed by atoms with E-state index in [0.29, 0.717) is 0 Å². The minimum Gasteiger partial charge on any atom is -0.387 e. The van der Waals surface area contributed by atoms with E-state index >= 15 is 0 Å². The van der Waals surface area contributed by atoms with Crippen molar-refractivity contribution in [3.8, 4) is 0 Å². The van der Waals surface area contributed by atoms with E-state index in [-0.39, 0.29) is 22.4 Å². The zero-order valence-corrected chi connectivity index (χ0v) is 6.47. The van der Waals surface area contributed by atoms with Crippen LogP contribution in [0, 0.1) is 0 Å². The van der Waals surface area contributed by atoms with Gasteiger partial charge in [-0.15, -0.1) is 0 Å². The molecule has 0 fully saturated rings. The summed E-state index contributed by atoms with van der Waals surface area (Å²) in [6.45, 7) is 0. The maximum atomic E-state index is 9.38. The zero-order chi connectivity index (χ0) is 4.28. The van der Waals surface area contributed by atoms with E-state index in [1.165, 1.54) is 0 Å². The quantitative estimate of drug-likeness (QED) is 0.395. The second kappa shape index (κ2) is 5.91. The van der Waals surface area contributed by atoms with Gasteiger partial charge in [-0.3, -0.25) is 0 Å². The van der Waals surface area contributed by atoms with Gasteiger partial charge in [0.15, 0.2) is 0 Å². The fraction of sp³-hybridized carbons (Fsp3) is 0. The second-order valence-electron chi connectivity index (χ2n) is 0.357. The Morgan fingerprint density at radius 3 is 1.83 bits per heavy atom. The summed E-state index contributed by atoms with van der Waals surface area (Å²) in [4.78, 5) is 9.38. The Hall–Kier alpha value is 0.910. The zero-order valence-electron chi connectivity index (χ0n) is 2.51. The van der Waals surface area contributed by atoms with Crippen LogP contribution in [0.1, 0.15) is 0 Å². The molecule has 0 aromatic rings. The Morgan fingerprint density at radius 2 is 1.83 bits per heavy atom. The first-order valence-electron chi connectivity index (χ1n) is 0.814. The van der Waals surface area contributed by atoms with Crippen LogP contribution >= 0.6 is 25.5 Å². The van der Waals surface area contributed by atoms with Gasteiger partial charge in [-0.05, 0) is 0 Å². The summed E-state index contributed by atoms with van der Waals surface area (Å²) in [5.41, 5.74) is 0. The number of carbonyl (C=O) groups is 1. The molecule has 0 aromatic carbocycles. The van der Waals surface area contributed by atoms with Gasteiger partial charge in [-0.1, -0.05) is 12.6 Å². The number of hydrogen-bond donors (Lipinski definition) is 2. The average Bonchev–Trinajstić information content (AvgIpc) is 1.38. The van der Waals surface area contributed by atoms with E-state index in [1.807, 2.05) is 0 Å². The topological polar surface area (TPSA) is 26.3 Å². The van der Waals surface area contributed by atoms with Gasteiger partial charge >= 0.3 is 5.30 Å². The van der Waals surface area contributed by atoms with Crippen molar-refractivity contribution in [1.29, 1.82) is 0 Å². The van der Waals surface area contributed by atoms with Gasteiger partial charge in [-0.25, -0.2) is 4.79 Å². The van der Waals surface area contributed by atoms with Gasteiger partial charge in [-0.2, -0.15) is 0 Å². The molecule has 0 saturated carbocycles. The Labute approximate surface area is 62.2 Å². The molecule has 0 aliphatic rings. The first-order chi connectivity index (χ1) is 2.27. The minimum atomic E-state index is -0.687. The van der Waals surface area contributed by atoms with E-state index in [9.17, 15) is 4.79 Å². The molecule has 0 bridgehead atoms. The van der Waals surface area contributed by atoms with Gasteiger partial charge in [0.25, 0.3) is 0 Å². The van der Waals surface area contributed by atoms with Crippen LogP contribution in [-0.4, -0.2) is 5.30 Å². The molecule has 0 aliphatic heterocycles. The molecule has 6 heavy (non-hydrogen) atoms. The number of thiol groups is 2. The average molecular weight is 307 g/mol. The molecule has 0 aromatic heterocycles. The van der Waals surface area contributed by atoms with Crippen LogP contribution in [0.2, 0.25) is 0 Å². The molecule has 41 valence electrons. The molecule has 0 unspecified atom stereocenters. The third-order valence-corrected chi connectivity index (χ3v) is 0.479. The van der Waals surface area contributed by atoms with E-state index < -0.39 is 5.30 Å².